The van der Waals surface area contributed by atoms with Crippen molar-refractivity contribution >= 4 is 18.5 Å². The topological polar surface area (TPSA) is 60.4 Å². The van der Waals surface area contributed by atoms with Crippen LogP contribution in [0.15, 0.2) is 12.2 Å². The van der Waals surface area contributed by atoms with Gasteiger partial charge < -0.3 is 14.3 Å². The van der Waals surface area contributed by atoms with E-state index < -0.39 is 23.9 Å². The van der Waals surface area contributed by atoms with Crippen molar-refractivity contribution in [1.82, 2.24) is 0 Å². The molecule has 4 heteroatoms. The fraction of sp³-hybridized carbons (Fsp3) is 0.444. The molecule has 0 aromatic heterocycles. The van der Waals surface area contributed by atoms with Crippen LogP contribution in [0.2, 0.25) is 0 Å². The SMILES string of the molecule is CC(=O)OC1[C@H](C=O)C=C[C@@H]1C=O. The fourth-order valence-corrected chi connectivity index (χ4v) is 1.33. The van der Waals surface area contributed by atoms with Gasteiger partial charge in [0.05, 0.1) is 11.8 Å². The molecule has 0 amide bonds. The zero-order valence-corrected chi connectivity index (χ0v) is 7.17. The molecule has 0 aliphatic heterocycles. The van der Waals surface area contributed by atoms with Crippen LogP contribution >= 0.6 is 0 Å². The Morgan fingerprint density at radius 1 is 1.23 bits per heavy atom. The van der Waals surface area contributed by atoms with Gasteiger partial charge in [-0.2, -0.15) is 0 Å². The van der Waals surface area contributed by atoms with Crippen molar-refractivity contribution in [1.29, 1.82) is 0 Å². The Hall–Kier alpha value is -1.45. The highest BCUT2D eigenvalue weighted by molar-refractivity contribution is 5.71. The van der Waals surface area contributed by atoms with E-state index in [-0.39, 0.29) is 0 Å². The number of aldehydes is 2. The summed E-state index contributed by atoms with van der Waals surface area (Å²) in [5.41, 5.74) is 0. The first-order valence-electron chi connectivity index (χ1n) is 3.95. The number of esters is 1. The molecule has 0 saturated heterocycles. The molecule has 0 aromatic rings. The van der Waals surface area contributed by atoms with Crippen LogP contribution in [-0.4, -0.2) is 24.6 Å². The van der Waals surface area contributed by atoms with Gasteiger partial charge in [-0.25, -0.2) is 0 Å². The first kappa shape index (κ1) is 9.64. The third kappa shape index (κ3) is 2.02. The number of ether oxygens (including phenoxy) is 1. The molecule has 0 aromatic carbocycles. The molecule has 0 spiro atoms. The molecule has 1 aliphatic rings. The molecule has 13 heavy (non-hydrogen) atoms. The number of hydrogen-bond donors (Lipinski definition) is 0. The molecule has 70 valence electrons. The second kappa shape index (κ2) is 3.98. The van der Waals surface area contributed by atoms with E-state index in [2.05, 4.69) is 0 Å². The monoisotopic (exact) mass is 182 g/mol. The first-order chi connectivity index (χ1) is 6.19. The molecule has 3 atom stereocenters. The lowest BCUT2D eigenvalue weighted by atomic mass is 10.0. The van der Waals surface area contributed by atoms with Gasteiger partial charge in [-0.05, 0) is 0 Å². The molecule has 0 N–H and O–H groups in total. The van der Waals surface area contributed by atoms with Gasteiger partial charge in [0.2, 0.25) is 0 Å². The number of carbonyl (C=O) groups excluding carboxylic acids is 3. The lowest BCUT2D eigenvalue weighted by Crippen LogP contribution is -2.29. The van der Waals surface area contributed by atoms with Crippen molar-refractivity contribution in [2.75, 3.05) is 0 Å². The Kier molecular flexibility index (Phi) is 2.95. The van der Waals surface area contributed by atoms with Crippen LogP contribution in [0.5, 0.6) is 0 Å². The van der Waals surface area contributed by atoms with Gasteiger partial charge in [-0.3, -0.25) is 4.79 Å². The second-order valence-electron chi connectivity index (χ2n) is 2.89. The highest BCUT2D eigenvalue weighted by Crippen LogP contribution is 2.24. The summed E-state index contributed by atoms with van der Waals surface area (Å²) in [5, 5.41) is 0. The van der Waals surface area contributed by atoms with Crippen LogP contribution in [0.25, 0.3) is 0 Å². The minimum absolute atomic E-state index is 0.479. The molecular formula is C9H10O4. The normalized spacial score (nSPS) is 31.3. The summed E-state index contributed by atoms with van der Waals surface area (Å²) in [6, 6.07) is 0. The van der Waals surface area contributed by atoms with Gasteiger partial charge in [0, 0.05) is 6.92 Å². The van der Waals surface area contributed by atoms with E-state index in [0.717, 1.165) is 0 Å². The highest BCUT2D eigenvalue weighted by atomic mass is 16.5. The average Bonchev–Trinajstić information content (AvgIpc) is 2.46. The molecule has 1 unspecified atom stereocenters. The van der Waals surface area contributed by atoms with E-state index in [9.17, 15) is 14.4 Å². The quantitative estimate of drug-likeness (QED) is 0.353. The molecule has 0 bridgehead atoms. The maximum Gasteiger partial charge on any atom is 0.302 e. The molecule has 4 nitrogen and oxygen atoms in total. The van der Waals surface area contributed by atoms with Crippen molar-refractivity contribution in [3.8, 4) is 0 Å². The van der Waals surface area contributed by atoms with Gasteiger partial charge in [0.1, 0.15) is 18.7 Å². The van der Waals surface area contributed by atoms with Crippen molar-refractivity contribution < 1.29 is 19.1 Å². The maximum absolute atomic E-state index is 10.6. The largest absolute Gasteiger partial charge is 0.460 e. The summed E-state index contributed by atoms with van der Waals surface area (Å²) >= 11 is 0. The van der Waals surface area contributed by atoms with Gasteiger partial charge in [-0.15, -0.1) is 0 Å². The third-order valence-electron chi connectivity index (χ3n) is 1.93. The lowest BCUT2D eigenvalue weighted by Gasteiger charge is -2.17. The van der Waals surface area contributed by atoms with Gasteiger partial charge in [-0.1, -0.05) is 12.2 Å². The minimum Gasteiger partial charge on any atom is -0.460 e. The zero-order valence-electron chi connectivity index (χ0n) is 7.17. The Labute approximate surface area is 75.6 Å². The molecule has 1 aliphatic carbocycles. The Bertz CT molecular complexity index is 238. The Morgan fingerprint density at radius 2 is 1.69 bits per heavy atom. The molecule has 0 heterocycles. The van der Waals surface area contributed by atoms with E-state index >= 15 is 0 Å². The van der Waals surface area contributed by atoms with Crippen molar-refractivity contribution in [3.05, 3.63) is 12.2 Å². The first-order valence-corrected chi connectivity index (χ1v) is 3.95. The smallest absolute Gasteiger partial charge is 0.302 e. The zero-order chi connectivity index (χ0) is 9.84. The van der Waals surface area contributed by atoms with Crippen LogP contribution < -0.4 is 0 Å². The van der Waals surface area contributed by atoms with Crippen LogP contribution in [0, 0.1) is 11.8 Å². The van der Waals surface area contributed by atoms with E-state index in [1.807, 2.05) is 0 Å². The Morgan fingerprint density at radius 3 is 2.00 bits per heavy atom. The molecule has 0 saturated carbocycles. The summed E-state index contributed by atoms with van der Waals surface area (Å²) in [7, 11) is 0. The van der Waals surface area contributed by atoms with Crippen molar-refractivity contribution in [2.24, 2.45) is 11.8 Å². The highest BCUT2D eigenvalue weighted by Gasteiger charge is 2.33. The van der Waals surface area contributed by atoms with Crippen LogP contribution in [0.4, 0.5) is 0 Å². The predicted molar refractivity (Wildman–Crippen MR) is 43.8 cm³/mol. The average molecular weight is 182 g/mol. The van der Waals surface area contributed by atoms with Crippen molar-refractivity contribution in [3.63, 3.8) is 0 Å². The standard InChI is InChI=1S/C9H10O4/c1-6(12)13-9-7(4-10)2-3-8(9)5-11/h2-5,7-9H,1H3/t7-,8+,9?. The number of hydrogen-bond acceptors (Lipinski definition) is 4. The number of carbonyl (C=O) groups is 3. The Balaban J connectivity index is 2.71. The van der Waals surface area contributed by atoms with Crippen molar-refractivity contribution in [2.45, 2.75) is 13.0 Å². The van der Waals surface area contributed by atoms with E-state index in [0.29, 0.717) is 12.6 Å². The fourth-order valence-electron chi connectivity index (χ4n) is 1.33. The molecule has 0 radical (unpaired) electrons. The summed E-state index contributed by atoms with van der Waals surface area (Å²) < 4.78 is 4.85. The van der Waals surface area contributed by atoms with Gasteiger partial charge >= 0.3 is 5.97 Å². The summed E-state index contributed by atoms with van der Waals surface area (Å²) in [6.45, 7) is 1.25. The van der Waals surface area contributed by atoms with Crippen LogP contribution in [-0.2, 0) is 19.1 Å². The van der Waals surface area contributed by atoms with E-state index in [1.165, 1.54) is 6.92 Å². The van der Waals surface area contributed by atoms with Crippen LogP contribution in [0.3, 0.4) is 0 Å². The lowest BCUT2D eigenvalue weighted by molar-refractivity contribution is -0.150. The maximum atomic E-state index is 10.6. The van der Waals surface area contributed by atoms with E-state index in [4.69, 9.17) is 4.74 Å². The number of rotatable bonds is 3. The second-order valence-corrected chi connectivity index (χ2v) is 2.89. The summed E-state index contributed by atoms with van der Waals surface area (Å²) in [6.07, 6.45) is 3.87. The summed E-state index contributed by atoms with van der Waals surface area (Å²) in [5.74, 6) is -1.45. The van der Waals surface area contributed by atoms with Gasteiger partial charge in [0.25, 0.3) is 0 Å². The van der Waals surface area contributed by atoms with Crippen LogP contribution in [0.1, 0.15) is 6.92 Å². The predicted octanol–water partition coefficient (Wildman–Crippen LogP) is 0.118. The summed E-state index contributed by atoms with van der Waals surface area (Å²) in [4.78, 5) is 31.6. The molecular weight excluding hydrogens is 172 g/mol. The minimum atomic E-state index is -0.646. The third-order valence-corrected chi connectivity index (χ3v) is 1.93. The van der Waals surface area contributed by atoms with Gasteiger partial charge in [0.15, 0.2) is 0 Å². The molecule has 1 rings (SSSR count). The molecule has 0 fully saturated rings. The van der Waals surface area contributed by atoms with E-state index in [1.54, 1.807) is 12.2 Å².